The molecule has 0 spiro atoms. The zero-order valence-electron chi connectivity index (χ0n) is 23.7. The Morgan fingerprint density at radius 3 is 2.39 bits per heavy atom. The lowest BCUT2D eigenvalue weighted by Crippen LogP contribution is -2.49. The molecule has 1 atom stereocenters. The highest BCUT2D eigenvalue weighted by Crippen LogP contribution is 2.33. The van der Waals surface area contributed by atoms with Crippen molar-refractivity contribution in [2.75, 3.05) is 31.1 Å². The predicted molar refractivity (Wildman–Crippen MR) is 153 cm³/mol. The van der Waals surface area contributed by atoms with Gasteiger partial charge >= 0.3 is 0 Å². The fourth-order valence-electron chi connectivity index (χ4n) is 5.47. The Bertz CT molecular complexity index is 1530. The first-order chi connectivity index (χ1) is 18.1. The van der Waals surface area contributed by atoms with Gasteiger partial charge in [-0.05, 0) is 98.2 Å². The monoisotopic (exact) mass is 513 g/mol. The van der Waals surface area contributed by atoms with E-state index in [9.17, 15) is 4.79 Å². The molecular weight excluding hydrogens is 474 g/mol. The van der Waals surface area contributed by atoms with Gasteiger partial charge in [0, 0.05) is 37.4 Å². The molecule has 1 aliphatic heterocycles. The quantitative estimate of drug-likeness (QED) is 0.399. The van der Waals surface area contributed by atoms with E-state index in [4.69, 9.17) is 0 Å². The molecule has 0 radical (unpaired) electrons. The molecule has 2 aromatic carbocycles. The van der Waals surface area contributed by atoms with Crippen LogP contribution in [0.4, 0.5) is 5.69 Å². The summed E-state index contributed by atoms with van der Waals surface area (Å²) < 4.78 is 1.92. The van der Waals surface area contributed by atoms with E-state index in [0.29, 0.717) is 11.4 Å². The number of nitrogens with one attached hydrogen (secondary N) is 1. The van der Waals surface area contributed by atoms with Crippen LogP contribution in [0.15, 0.2) is 41.2 Å². The Morgan fingerprint density at radius 2 is 1.68 bits per heavy atom. The smallest absolute Gasteiger partial charge is 0.253 e. The normalized spacial score (nSPS) is 15.8. The molecule has 4 aromatic rings. The zero-order valence-corrected chi connectivity index (χ0v) is 23.7. The minimum atomic E-state index is -0.355. The number of hydrogen-bond acceptors (Lipinski definition) is 6. The number of tetrazole rings is 1. The number of aryl methyl sites for hydroxylation is 4. The summed E-state index contributed by atoms with van der Waals surface area (Å²) in [5, 5.41) is 14.1. The number of aromatic nitrogens is 5. The Hall–Kier alpha value is -3.52. The second-order valence-corrected chi connectivity index (χ2v) is 11.4. The van der Waals surface area contributed by atoms with E-state index in [-0.39, 0.29) is 17.1 Å². The van der Waals surface area contributed by atoms with Crippen LogP contribution in [-0.2, 0) is 5.54 Å². The summed E-state index contributed by atoms with van der Waals surface area (Å²) in [4.78, 5) is 21.7. The molecule has 0 amide bonds. The maximum atomic E-state index is 13.7. The van der Waals surface area contributed by atoms with Crippen LogP contribution < -0.4 is 10.5 Å². The van der Waals surface area contributed by atoms with Crippen molar-refractivity contribution >= 4 is 16.6 Å². The van der Waals surface area contributed by atoms with Gasteiger partial charge < -0.3 is 9.88 Å². The molecule has 38 heavy (non-hydrogen) atoms. The second kappa shape index (κ2) is 9.98. The molecule has 1 fully saturated rings. The van der Waals surface area contributed by atoms with E-state index < -0.39 is 0 Å². The SMILES string of the molecule is CCC(C)(C)n1nnnc1[C@H](c1cc2ccc(C)c(C)c2[nH]c1=O)N1CCN(c2cc(C)ccc2C)CC1. The van der Waals surface area contributed by atoms with Crippen molar-refractivity contribution in [3.05, 3.63) is 80.4 Å². The number of aromatic amines is 1. The Labute approximate surface area is 224 Å². The molecule has 0 bridgehead atoms. The van der Waals surface area contributed by atoms with Gasteiger partial charge in [-0.1, -0.05) is 31.2 Å². The summed E-state index contributed by atoms with van der Waals surface area (Å²) in [6, 6.07) is 12.5. The van der Waals surface area contributed by atoms with E-state index >= 15 is 0 Å². The maximum absolute atomic E-state index is 13.7. The van der Waals surface area contributed by atoms with Gasteiger partial charge in [-0.2, -0.15) is 0 Å². The summed E-state index contributed by atoms with van der Waals surface area (Å²) in [7, 11) is 0. The van der Waals surface area contributed by atoms with Crippen LogP contribution in [0.3, 0.4) is 0 Å². The topological polar surface area (TPSA) is 82.9 Å². The minimum absolute atomic E-state index is 0.0861. The van der Waals surface area contributed by atoms with Gasteiger partial charge in [0.2, 0.25) is 0 Å². The molecule has 3 heterocycles. The zero-order chi connectivity index (χ0) is 27.2. The minimum Gasteiger partial charge on any atom is -0.369 e. The average Bonchev–Trinajstić information content (AvgIpc) is 3.40. The Kier molecular flexibility index (Phi) is 6.86. The highest BCUT2D eigenvalue weighted by Gasteiger charge is 2.36. The summed E-state index contributed by atoms with van der Waals surface area (Å²) in [5.74, 6) is 0.714. The number of fused-ring (bicyclic) bond motifs is 1. The second-order valence-electron chi connectivity index (χ2n) is 11.4. The maximum Gasteiger partial charge on any atom is 0.253 e. The van der Waals surface area contributed by atoms with Crippen LogP contribution >= 0.6 is 0 Å². The molecule has 1 N–H and O–H groups in total. The lowest BCUT2D eigenvalue weighted by Gasteiger charge is -2.40. The highest BCUT2D eigenvalue weighted by molar-refractivity contribution is 5.83. The number of benzene rings is 2. The number of anilines is 1. The molecule has 8 nitrogen and oxygen atoms in total. The summed E-state index contributed by atoms with van der Waals surface area (Å²) >= 11 is 0. The average molecular weight is 514 g/mol. The third-order valence-electron chi connectivity index (χ3n) is 8.44. The van der Waals surface area contributed by atoms with E-state index in [1.807, 2.05) is 10.7 Å². The first-order valence-electron chi connectivity index (χ1n) is 13.6. The van der Waals surface area contributed by atoms with Gasteiger partial charge in [0.1, 0.15) is 6.04 Å². The lowest BCUT2D eigenvalue weighted by atomic mass is 9.97. The fraction of sp³-hybridized carbons (Fsp3) is 0.467. The van der Waals surface area contributed by atoms with E-state index in [1.54, 1.807) is 0 Å². The van der Waals surface area contributed by atoms with Crippen molar-refractivity contribution < 1.29 is 0 Å². The van der Waals surface area contributed by atoms with E-state index in [1.165, 1.54) is 16.8 Å². The number of hydrogen-bond donors (Lipinski definition) is 1. The molecular formula is C30H39N7O. The molecule has 5 rings (SSSR count). The molecule has 8 heteroatoms. The van der Waals surface area contributed by atoms with Crippen molar-refractivity contribution in [1.82, 2.24) is 30.1 Å². The van der Waals surface area contributed by atoms with Crippen LogP contribution in [-0.4, -0.2) is 56.3 Å². The first kappa shape index (κ1) is 26.1. The van der Waals surface area contributed by atoms with Gasteiger partial charge in [-0.15, -0.1) is 5.10 Å². The van der Waals surface area contributed by atoms with E-state index in [2.05, 4.69) is 109 Å². The summed E-state index contributed by atoms with van der Waals surface area (Å²) in [5.41, 5.74) is 7.30. The Morgan fingerprint density at radius 1 is 0.974 bits per heavy atom. The number of rotatable bonds is 6. The van der Waals surface area contributed by atoms with Crippen molar-refractivity contribution in [2.24, 2.45) is 0 Å². The molecule has 0 saturated carbocycles. The lowest BCUT2D eigenvalue weighted by molar-refractivity contribution is 0.186. The van der Waals surface area contributed by atoms with Crippen LogP contribution in [0.2, 0.25) is 0 Å². The third kappa shape index (κ3) is 4.62. The van der Waals surface area contributed by atoms with Gasteiger partial charge in [-0.25, -0.2) is 4.68 Å². The first-order valence-corrected chi connectivity index (χ1v) is 13.6. The van der Waals surface area contributed by atoms with Crippen LogP contribution in [0.5, 0.6) is 0 Å². The van der Waals surface area contributed by atoms with Crippen LogP contribution in [0.1, 0.15) is 66.9 Å². The van der Waals surface area contributed by atoms with Crippen molar-refractivity contribution in [3.8, 4) is 0 Å². The van der Waals surface area contributed by atoms with Crippen molar-refractivity contribution in [1.29, 1.82) is 0 Å². The molecule has 2 aromatic heterocycles. The van der Waals surface area contributed by atoms with Crippen molar-refractivity contribution in [3.63, 3.8) is 0 Å². The number of pyridine rings is 1. The molecule has 0 aliphatic carbocycles. The van der Waals surface area contributed by atoms with Crippen LogP contribution in [0.25, 0.3) is 10.9 Å². The predicted octanol–water partition coefficient (Wildman–Crippen LogP) is 4.80. The molecule has 0 unspecified atom stereocenters. The van der Waals surface area contributed by atoms with Gasteiger partial charge in [0.15, 0.2) is 5.82 Å². The molecule has 1 aliphatic rings. The number of piperazine rings is 1. The summed E-state index contributed by atoms with van der Waals surface area (Å²) in [6.07, 6.45) is 0.866. The Balaban J connectivity index is 1.58. The fourth-order valence-corrected chi connectivity index (χ4v) is 5.47. The van der Waals surface area contributed by atoms with Crippen molar-refractivity contribution in [2.45, 2.75) is 66.5 Å². The van der Waals surface area contributed by atoms with E-state index in [0.717, 1.165) is 54.6 Å². The number of nitrogens with zero attached hydrogens (tertiary/aromatic N) is 6. The number of H-pyrrole nitrogens is 1. The van der Waals surface area contributed by atoms with Crippen LogP contribution in [0, 0.1) is 27.7 Å². The largest absolute Gasteiger partial charge is 0.369 e. The highest BCUT2D eigenvalue weighted by atomic mass is 16.1. The standard InChI is InChI=1S/C30H39N7O/c1-8-30(6,7)37-28(32-33-34-37)27(24-18-23-12-11-20(3)22(5)26(23)31-29(24)38)36-15-13-35(14-16-36)25-17-19(2)9-10-21(25)4/h9-12,17-18,27H,8,13-16H2,1-7H3,(H,31,38)/t27-/m0/s1. The van der Waals surface area contributed by atoms with Gasteiger partial charge in [-0.3, -0.25) is 9.69 Å². The third-order valence-corrected chi connectivity index (χ3v) is 8.44. The molecule has 1 saturated heterocycles. The summed E-state index contributed by atoms with van der Waals surface area (Å²) in [6.45, 7) is 18.2. The molecule has 200 valence electrons. The van der Waals surface area contributed by atoms with Gasteiger partial charge in [0.05, 0.1) is 11.1 Å². The van der Waals surface area contributed by atoms with Gasteiger partial charge in [0.25, 0.3) is 5.56 Å².